The lowest BCUT2D eigenvalue weighted by atomic mass is 10.0. The minimum absolute atomic E-state index is 0.0886. The van der Waals surface area contributed by atoms with Crippen LogP contribution in [0.4, 0.5) is 0 Å². The zero-order chi connectivity index (χ0) is 26.0. The highest BCUT2D eigenvalue weighted by molar-refractivity contribution is 8.76. The van der Waals surface area contributed by atoms with Gasteiger partial charge in [-0.3, -0.25) is 24.0 Å². The van der Waals surface area contributed by atoms with Gasteiger partial charge in [0.25, 0.3) is 0 Å². The molecule has 35 heavy (non-hydrogen) atoms. The predicted molar refractivity (Wildman–Crippen MR) is 136 cm³/mol. The van der Waals surface area contributed by atoms with Gasteiger partial charge in [-0.05, 0) is 30.8 Å². The van der Waals surface area contributed by atoms with E-state index in [0.29, 0.717) is 12.8 Å². The Labute approximate surface area is 214 Å². The maximum absolute atomic E-state index is 13.2. The highest BCUT2D eigenvalue weighted by atomic mass is 33.1. The second kappa shape index (κ2) is 14.4. The number of ether oxygens (including phenoxy) is 1. The van der Waals surface area contributed by atoms with Gasteiger partial charge in [-0.1, -0.05) is 55.4 Å². The van der Waals surface area contributed by atoms with Gasteiger partial charge in [-0.2, -0.15) is 0 Å². The van der Waals surface area contributed by atoms with Crippen LogP contribution in [0.2, 0.25) is 0 Å². The van der Waals surface area contributed by atoms with E-state index < -0.39 is 60.4 Å². The van der Waals surface area contributed by atoms with E-state index in [2.05, 4.69) is 21.3 Å². The molecule has 0 radical (unpaired) electrons. The van der Waals surface area contributed by atoms with Crippen molar-refractivity contribution in [2.45, 2.75) is 71.2 Å². The van der Waals surface area contributed by atoms with Gasteiger partial charge in [0.2, 0.25) is 23.6 Å². The van der Waals surface area contributed by atoms with Crippen LogP contribution in [0.3, 0.4) is 0 Å². The molecule has 4 amide bonds. The number of carbonyl (C=O) groups is 5. The molecule has 1 saturated heterocycles. The molecular formula is C23H36N4O6S2. The second-order valence-electron chi connectivity index (χ2n) is 9.31. The van der Waals surface area contributed by atoms with E-state index >= 15 is 0 Å². The lowest BCUT2D eigenvalue weighted by molar-refractivity contribution is -0.148. The predicted octanol–water partition coefficient (Wildman–Crippen LogP) is 0.916. The number of esters is 1. The summed E-state index contributed by atoms with van der Waals surface area (Å²) in [5.74, 6) is -1.83. The van der Waals surface area contributed by atoms with Crippen LogP contribution in [0.1, 0.15) is 47.0 Å². The maximum atomic E-state index is 13.2. The van der Waals surface area contributed by atoms with E-state index in [9.17, 15) is 24.0 Å². The van der Waals surface area contributed by atoms with Gasteiger partial charge in [0.1, 0.15) is 30.8 Å². The average molecular weight is 529 g/mol. The van der Waals surface area contributed by atoms with E-state index in [-0.39, 0.29) is 24.0 Å². The third-order valence-corrected chi connectivity index (χ3v) is 7.80. The molecule has 0 aromatic heterocycles. The van der Waals surface area contributed by atoms with Crippen molar-refractivity contribution in [1.82, 2.24) is 21.3 Å². The van der Waals surface area contributed by atoms with Crippen molar-refractivity contribution in [3.05, 3.63) is 12.2 Å². The lowest BCUT2D eigenvalue weighted by Crippen LogP contribution is -2.59. The smallest absolute Gasteiger partial charge is 0.326 e. The van der Waals surface area contributed by atoms with Crippen LogP contribution < -0.4 is 21.3 Å². The Morgan fingerprint density at radius 3 is 2.40 bits per heavy atom. The van der Waals surface area contributed by atoms with Crippen LogP contribution in [0.15, 0.2) is 12.2 Å². The maximum Gasteiger partial charge on any atom is 0.326 e. The van der Waals surface area contributed by atoms with Crippen molar-refractivity contribution in [3.8, 4) is 0 Å². The molecule has 2 heterocycles. The number of nitrogens with one attached hydrogen (secondary N) is 4. The van der Waals surface area contributed by atoms with Crippen molar-refractivity contribution in [2.24, 2.45) is 11.8 Å². The molecule has 2 rings (SSSR count). The normalized spacial score (nSPS) is 28.9. The van der Waals surface area contributed by atoms with Crippen molar-refractivity contribution >= 4 is 51.2 Å². The number of hydrogen-bond donors (Lipinski definition) is 4. The molecule has 2 aliphatic rings. The summed E-state index contributed by atoms with van der Waals surface area (Å²) in [6.45, 7) is 7.02. The van der Waals surface area contributed by atoms with E-state index in [1.54, 1.807) is 30.7 Å². The first kappa shape index (κ1) is 29.0. The van der Waals surface area contributed by atoms with Crippen LogP contribution in [-0.4, -0.2) is 71.9 Å². The molecule has 3 unspecified atom stereocenters. The fraction of sp³-hybridized carbons (Fsp3) is 0.696. The Morgan fingerprint density at radius 2 is 1.71 bits per heavy atom. The molecule has 0 aromatic carbocycles. The van der Waals surface area contributed by atoms with Gasteiger partial charge in [0.15, 0.2) is 0 Å². The van der Waals surface area contributed by atoms with Crippen LogP contribution in [-0.2, 0) is 28.7 Å². The Morgan fingerprint density at radius 1 is 0.971 bits per heavy atom. The Hall–Kier alpha value is -2.21. The molecule has 0 aliphatic carbocycles. The largest absolute Gasteiger partial charge is 0.456 e. The highest BCUT2D eigenvalue weighted by Crippen LogP contribution is 2.24. The first-order valence-electron chi connectivity index (χ1n) is 11.8. The minimum atomic E-state index is -0.910. The van der Waals surface area contributed by atoms with Crippen LogP contribution in [0, 0.1) is 11.8 Å². The van der Waals surface area contributed by atoms with Crippen molar-refractivity contribution < 1.29 is 28.7 Å². The van der Waals surface area contributed by atoms with Gasteiger partial charge in [0, 0.05) is 11.5 Å². The topological polar surface area (TPSA) is 143 Å². The first-order chi connectivity index (χ1) is 16.6. The third kappa shape index (κ3) is 10.1. The molecule has 2 aliphatic heterocycles. The summed E-state index contributed by atoms with van der Waals surface area (Å²) in [5.41, 5.74) is 0. The molecule has 0 saturated carbocycles. The van der Waals surface area contributed by atoms with Crippen molar-refractivity contribution in [3.63, 3.8) is 0 Å². The van der Waals surface area contributed by atoms with Crippen LogP contribution >= 0.6 is 21.6 Å². The average Bonchev–Trinajstić information content (AvgIpc) is 2.77. The fourth-order valence-electron chi connectivity index (χ4n) is 3.55. The number of allylic oxidation sites excluding steroid dienone is 1. The number of rotatable bonds is 3. The number of amides is 4. The van der Waals surface area contributed by atoms with Crippen LogP contribution in [0.5, 0.6) is 0 Å². The monoisotopic (exact) mass is 528 g/mol. The summed E-state index contributed by atoms with van der Waals surface area (Å²) >= 11 is 0. The Balaban J connectivity index is 2.45. The number of hydrogen-bond acceptors (Lipinski definition) is 8. The summed E-state index contributed by atoms with van der Waals surface area (Å²) in [4.78, 5) is 64.3. The number of fused-ring (bicyclic) bond motifs is 7. The quantitative estimate of drug-likeness (QED) is 0.241. The van der Waals surface area contributed by atoms with E-state index in [1.807, 2.05) is 19.9 Å². The molecule has 10 nitrogen and oxygen atoms in total. The zero-order valence-electron chi connectivity index (χ0n) is 20.6. The molecular weight excluding hydrogens is 492 g/mol. The zero-order valence-corrected chi connectivity index (χ0v) is 22.3. The summed E-state index contributed by atoms with van der Waals surface area (Å²) in [7, 11) is 2.98. The molecule has 4 N–H and O–H groups in total. The minimum Gasteiger partial charge on any atom is -0.456 e. The standard InChI is InChI=1S/C23H36N4O6S2/c1-13(2)9-16-21(30)24-11-19(29)33-15-7-5-6-8-34-35-12-17(22(31)25-16)26-23(32)20(14(3)4)27-18(28)10-15/h5,7,13-17,20H,6,8-12H2,1-4H3,(H,24,30)(H,25,31)(H,26,32)(H,27,28)/b7-5+/t15?,16?,17?,20-/m1/s1. The van der Waals surface area contributed by atoms with Crippen LogP contribution in [0.25, 0.3) is 0 Å². The Bertz CT molecular complexity index is 820. The molecule has 2 bridgehead atoms. The van der Waals surface area contributed by atoms with Gasteiger partial charge in [-0.25, -0.2) is 0 Å². The van der Waals surface area contributed by atoms with E-state index in [1.165, 1.54) is 10.8 Å². The molecule has 12 heteroatoms. The summed E-state index contributed by atoms with van der Waals surface area (Å²) in [5, 5.41) is 10.7. The molecule has 1 fully saturated rings. The summed E-state index contributed by atoms with van der Waals surface area (Å²) < 4.78 is 5.44. The highest BCUT2D eigenvalue weighted by Gasteiger charge is 2.32. The number of carbonyl (C=O) groups excluding carboxylic acids is 5. The van der Waals surface area contributed by atoms with E-state index in [0.717, 1.165) is 5.75 Å². The molecule has 0 spiro atoms. The summed E-state index contributed by atoms with van der Waals surface area (Å²) in [6.07, 6.45) is 3.49. The van der Waals surface area contributed by atoms with Crippen molar-refractivity contribution in [2.75, 3.05) is 18.1 Å². The van der Waals surface area contributed by atoms with Crippen molar-refractivity contribution in [1.29, 1.82) is 0 Å². The van der Waals surface area contributed by atoms with Gasteiger partial charge in [0.05, 0.1) is 6.42 Å². The third-order valence-electron chi connectivity index (χ3n) is 5.35. The Kier molecular flexibility index (Phi) is 11.9. The molecule has 196 valence electrons. The van der Waals surface area contributed by atoms with Gasteiger partial charge < -0.3 is 26.0 Å². The van der Waals surface area contributed by atoms with E-state index in [4.69, 9.17) is 4.74 Å². The summed E-state index contributed by atoms with van der Waals surface area (Å²) in [6, 6.07) is -2.68. The second-order valence-corrected chi connectivity index (χ2v) is 11.9. The molecule has 4 atom stereocenters. The molecule has 0 aromatic rings. The van der Waals surface area contributed by atoms with Gasteiger partial charge >= 0.3 is 5.97 Å². The fourth-order valence-corrected chi connectivity index (χ4v) is 5.71. The lowest BCUT2D eigenvalue weighted by Gasteiger charge is -2.27. The SMILES string of the molecule is CC(C)CC1NC(=O)C2CSSCC/C=C/C(CC(=O)N[C@H](C(C)C)C(=O)N2)OC(=O)CNC1=O. The van der Waals surface area contributed by atoms with Gasteiger partial charge in [-0.15, -0.1) is 0 Å². The first-order valence-corrected chi connectivity index (χ1v) is 14.3.